The van der Waals surface area contributed by atoms with E-state index in [1.807, 2.05) is 6.92 Å². The first kappa shape index (κ1) is 10.4. The summed E-state index contributed by atoms with van der Waals surface area (Å²) in [6, 6.07) is 0. The molecule has 1 aliphatic carbocycles. The molecule has 1 aromatic rings. The summed E-state index contributed by atoms with van der Waals surface area (Å²) in [4.78, 5) is 0. The van der Waals surface area contributed by atoms with E-state index in [2.05, 4.69) is 27.0 Å². The van der Waals surface area contributed by atoms with Crippen LogP contribution < -0.4 is 5.32 Å². The van der Waals surface area contributed by atoms with Crippen molar-refractivity contribution in [2.75, 3.05) is 11.9 Å². The second kappa shape index (κ2) is 4.18. The first-order chi connectivity index (χ1) is 7.26. The summed E-state index contributed by atoms with van der Waals surface area (Å²) in [6.45, 7) is 5.85. The zero-order chi connectivity index (χ0) is 10.8. The topological polar surface area (TPSA) is 63.0 Å². The van der Waals surface area contributed by atoms with Gasteiger partial charge in [0.25, 0.3) is 0 Å². The van der Waals surface area contributed by atoms with Crippen molar-refractivity contribution in [1.29, 1.82) is 0 Å². The largest absolute Gasteiger partial charge is 0.393 e. The molecule has 0 amide bonds. The summed E-state index contributed by atoms with van der Waals surface area (Å²) >= 11 is 0. The number of hydrogen-bond acceptors (Lipinski definition) is 4. The number of nitrogens with zero attached hydrogens (tertiary/aromatic N) is 3. The lowest BCUT2D eigenvalue weighted by molar-refractivity contribution is 0.0704. The molecular formula is C10H18N4O. The molecule has 0 unspecified atom stereocenters. The van der Waals surface area contributed by atoms with Crippen molar-refractivity contribution in [1.82, 2.24) is 14.8 Å². The SMILES string of the molecule is CCNc1nnc(C2CC(O)C2)n1CC. The first-order valence-electron chi connectivity index (χ1n) is 5.61. The molecule has 0 bridgehead atoms. The molecule has 5 heteroatoms. The van der Waals surface area contributed by atoms with E-state index in [1.54, 1.807) is 0 Å². The number of hydrogen-bond donors (Lipinski definition) is 2. The van der Waals surface area contributed by atoms with Crippen LogP contribution in [0.4, 0.5) is 5.95 Å². The van der Waals surface area contributed by atoms with Crippen molar-refractivity contribution >= 4 is 5.95 Å². The average molecular weight is 210 g/mol. The minimum Gasteiger partial charge on any atom is -0.393 e. The number of nitrogens with one attached hydrogen (secondary N) is 1. The molecule has 1 saturated carbocycles. The van der Waals surface area contributed by atoms with E-state index >= 15 is 0 Å². The summed E-state index contributed by atoms with van der Waals surface area (Å²) in [5.74, 6) is 2.25. The first-order valence-corrected chi connectivity index (χ1v) is 5.61. The van der Waals surface area contributed by atoms with Gasteiger partial charge in [-0.15, -0.1) is 10.2 Å². The van der Waals surface area contributed by atoms with Crippen LogP contribution in [0.5, 0.6) is 0 Å². The van der Waals surface area contributed by atoms with E-state index in [0.29, 0.717) is 5.92 Å². The van der Waals surface area contributed by atoms with E-state index in [0.717, 1.165) is 37.7 Å². The number of anilines is 1. The van der Waals surface area contributed by atoms with Crippen molar-refractivity contribution in [3.63, 3.8) is 0 Å². The summed E-state index contributed by atoms with van der Waals surface area (Å²) in [6.07, 6.45) is 1.51. The molecule has 2 rings (SSSR count). The average Bonchev–Trinajstić information content (AvgIpc) is 2.56. The van der Waals surface area contributed by atoms with Crippen molar-refractivity contribution in [3.8, 4) is 0 Å². The summed E-state index contributed by atoms with van der Waals surface area (Å²) in [7, 11) is 0. The quantitative estimate of drug-likeness (QED) is 0.777. The van der Waals surface area contributed by atoms with Crippen molar-refractivity contribution in [3.05, 3.63) is 5.82 Å². The Morgan fingerprint density at radius 1 is 1.40 bits per heavy atom. The van der Waals surface area contributed by atoms with E-state index in [-0.39, 0.29) is 6.10 Å². The van der Waals surface area contributed by atoms with Crippen LogP contribution in [0.15, 0.2) is 0 Å². The summed E-state index contributed by atoms with van der Waals surface area (Å²) < 4.78 is 2.10. The van der Waals surface area contributed by atoms with Crippen LogP contribution in [-0.2, 0) is 6.54 Å². The predicted octanol–water partition coefficient (Wildman–Crippen LogP) is 0.968. The lowest BCUT2D eigenvalue weighted by atomic mass is 9.82. The fraction of sp³-hybridized carbons (Fsp3) is 0.800. The normalized spacial score (nSPS) is 25.0. The molecule has 0 spiro atoms. The summed E-state index contributed by atoms with van der Waals surface area (Å²) in [5.41, 5.74) is 0. The van der Waals surface area contributed by atoms with Gasteiger partial charge in [0, 0.05) is 19.0 Å². The number of aromatic nitrogens is 3. The minimum atomic E-state index is -0.139. The van der Waals surface area contributed by atoms with Gasteiger partial charge < -0.3 is 10.4 Å². The van der Waals surface area contributed by atoms with Crippen LogP contribution in [0.1, 0.15) is 38.4 Å². The zero-order valence-electron chi connectivity index (χ0n) is 9.27. The molecule has 1 aromatic heterocycles. The maximum absolute atomic E-state index is 9.28. The van der Waals surface area contributed by atoms with Gasteiger partial charge in [-0.25, -0.2) is 0 Å². The van der Waals surface area contributed by atoms with E-state index in [9.17, 15) is 5.11 Å². The lowest BCUT2D eigenvalue weighted by Crippen LogP contribution is -2.29. The zero-order valence-corrected chi connectivity index (χ0v) is 9.27. The van der Waals surface area contributed by atoms with Gasteiger partial charge in [-0.05, 0) is 26.7 Å². The molecule has 0 saturated heterocycles. The second-order valence-electron chi connectivity index (χ2n) is 3.98. The fourth-order valence-corrected chi connectivity index (χ4v) is 2.02. The molecule has 1 aliphatic rings. The monoisotopic (exact) mass is 210 g/mol. The molecule has 2 N–H and O–H groups in total. The molecule has 15 heavy (non-hydrogen) atoms. The van der Waals surface area contributed by atoms with Gasteiger partial charge in [0.1, 0.15) is 5.82 Å². The highest BCUT2D eigenvalue weighted by Gasteiger charge is 2.32. The Morgan fingerprint density at radius 3 is 2.67 bits per heavy atom. The van der Waals surface area contributed by atoms with Crippen LogP contribution in [0.3, 0.4) is 0 Å². The Kier molecular flexibility index (Phi) is 2.90. The highest BCUT2D eigenvalue weighted by atomic mass is 16.3. The Morgan fingerprint density at radius 2 is 2.13 bits per heavy atom. The number of aliphatic hydroxyl groups excluding tert-OH is 1. The maximum Gasteiger partial charge on any atom is 0.224 e. The lowest BCUT2D eigenvalue weighted by Gasteiger charge is -2.30. The highest BCUT2D eigenvalue weighted by molar-refractivity contribution is 5.27. The van der Waals surface area contributed by atoms with Gasteiger partial charge in [-0.3, -0.25) is 4.57 Å². The van der Waals surface area contributed by atoms with Gasteiger partial charge in [0.05, 0.1) is 6.10 Å². The minimum absolute atomic E-state index is 0.139. The van der Waals surface area contributed by atoms with Crippen molar-refractivity contribution in [2.45, 2.75) is 45.3 Å². The molecule has 5 nitrogen and oxygen atoms in total. The molecule has 0 atom stereocenters. The van der Waals surface area contributed by atoms with Crippen LogP contribution in [0.2, 0.25) is 0 Å². The third-order valence-corrected chi connectivity index (χ3v) is 2.91. The predicted molar refractivity (Wildman–Crippen MR) is 57.8 cm³/mol. The Bertz CT molecular complexity index is 330. The molecule has 84 valence electrons. The molecule has 0 aromatic carbocycles. The molecule has 1 fully saturated rings. The summed E-state index contributed by atoms with van der Waals surface area (Å²) in [5, 5.41) is 20.8. The van der Waals surface area contributed by atoms with E-state index in [1.165, 1.54) is 0 Å². The van der Waals surface area contributed by atoms with Gasteiger partial charge in [0.15, 0.2) is 0 Å². The van der Waals surface area contributed by atoms with E-state index in [4.69, 9.17) is 0 Å². The fourth-order valence-electron chi connectivity index (χ4n) is 2.02. The number of rotatable bonds is 4. The van der Waals surface area contributed by atoms with E-state index < -0.39 is 0 Å². The number of aliphatic hydroxyl groups is 1. The van der Waals surface area contributed by atoms with Crippen LogP contribution in [-0.4, -0.2) is 32.5 Å². The Hall–Kier alpha value is -1.10. The van der Waals surface area contributed by atoms with Crippen LogP contribution in [0.25, 0.3) is 0 Å². The molecule has 1 heterocycles. The van der Waals surface area contributed by atoms with Crippen molar-refractivity contribution in [2.24, 2.45) is 0 Å². The second-order valence-corrected chi connectivity index (χ2v) is 3.98. The van der Waals surface area contributed by atoms with Crippen LogP contribution in [0, 0.1) is 0 Å². The van der Waals surface area contributed by atoms with Crippen molar-refractivity contribution < 1.29 is 5.11 Å². The smallest absolute Gasteiger partial charge is 0.224 e. The Labute approximate surface area is 89.5 Å². The van der Waals surface area contributed by atoms with Gasteiger partial charge in [0.2, 0.25) is 5.95 Å². The third kappa shape index (κ3) is 1.84. The molecule has 0 radical (unpaired) electrons. The Balaban J connectivity index is 2.16. The van der Waals surface area contributed by atoms with Gasteiger partial charge in [-0.1, -0.05) is 0 Å². The molecule has 0 aliphatic heterocycles. The third-order valence-electron chi connectivity index (χ3n) is 2.91. The van der Waals surface area contributed by atoms with Gasteiger partial charge >= 0.3 is 0 Å². The van der Waals surface area contributed by atoms with Crippen LogP contribution >= 0.6 is 0 Å². The standard InChI is InChI=1S/C10H18N4O/c1-3-11-10-13-12-9(14(10)4-2)7-5-8(15)6-7/h7-8,15H,3-6H2,1-2H3,(H,11,13). The molecular weight excluding hydrogens is 192 g/mol. The van der Waals surface area contributed by atoms with Gasteiger partial charge in [-0.2, -0.15) is 0 Å². The maximum atomic E-state index is 9.28. The highest BCUT2D eigenvalue weighted by Crippen LogP contribution is 2.36.